The minimum Gasteiger partial charge on any atom is -0.370 e. The van der Waals surface area contributed by atoms with Gasteiger partial charge in [0, 0.05) is 25.6 Å². The van der Waals surface area contributed by atoms with Crippen molar-refractivity contribution in [1.29, 1.82) is 0 Å². The lowest BCUT2D eigenvalue weighted by molar-refractivity contribution is 0.706. The van der Waals surface area contributed by atoms with E-state index in [1.807, 2.05) is 10.6 Å². The second-order valence-corrected chi connectivity index (χ2v) is 4.72. The van der Waals surface area contributed by atoms with E-state index in [1.165, 1.54) is 0 Å². The summed E-state index contributed by atoms with van der Waals surface area (Å²) >= 11 is 0. The van der Waals surface area contributed by atoms with E-state index in [9.17, 15) is 0 Å². The predicted octanol–water partition coefficient (Wildman–Crippen LogP) is 2.08. The van der Waals surface area contributed by atoms with Gasteiger partial charge in [0.1, 0.15) is 23.8 Å². The van der Waals surface area contributed by atoms with Gasteiger partial charge in [-0.2, -0.15) is 0 Å². The van der Waals surface area contributed by atoms with Gasteiger partial charge in [-0.25, -0.2) is 9.97 Å². The Kier molecular flexibility index (Phi) is 5.48. The zero-order valence-electron chi connectivity index (χ0n) is 12.9. The summed E-state index contributed by atoms with van der Waals surface area (Å²) in [6.45, 7) is 8.55. The second-order valence-electron chi connectivity index (χ2n) is 4.72. The lowest BCUT2D eigenvalue weighted by Gasteiger charge is -2.10. The lowest BCUT2D eigenvalue weighted by atomic mass is 10.3. The van der Waals surface area contributed by atoms with Crippen LogP contribution in [-0.4, -0.2) is 31.3 Å². The number of nitrogens with zero attached hydrogens (tertiary/aromatic N) is 5. The van der Waals surface area contributed by atoms with Gasteiger partial charge in [-0.15, -0.1) is 10.2 Å². The Bertz CT molecular complexity index is 540. The van der Waals surface area contributed by atoms with E-state index in [-0.39, 0.29) is 0 Å². The molecule has 2 N–H and O–H groups in total. The number of aromatic nitrogens is 5. The maximum atomic E-state index is 4.54. The Labute approximate surface area is 125 Å². The number of rotatable bonds is 8. The fraction of sp³-hybridized carbons (Fsp3) is 0.571. The molecule has 0 atom stereocenters. The first kappa shape index (κ1) is 15.2. The zero-order chi connectivity index (χ0) is 15.1. The maximum Gasteiger partial charge on any atom is 0.152 e. The van der Waals surface area contributed by atoms with Crippen LogP contribution in [0.2, 0.25) is 0 Å². The zero-order valence-corrected chi connectivity index (χ0v) is 12.9. The average Bonchev–Trinajstić information content (AvgIpc) is 2.93. The highest BCUT2D eigenvalue weighted by Gasteiger charge is 2.06. The van der Waals surface area contributed by atoms with Crippen molar-refractivity contribution in [1.82, 2.24) is 24.7 Å². The molecule has 0 unspecified atom stereocenters. The smallest absolute Gasteiger partial charge is 0.152 e. The van der Waals surface area contributed by atoms with Crippen LogP contribution in [0.3, 0.4) is 0 Å². The number of anilines is 2. The standard InChI is InChI=1S/C14H23N7/c1-4-7-11-18-12(15-5-2)8-13(19-11)16-9-14-20-17-10-21(14)6-3/h8,10H,4-7,9H2,1-3H3,(H2,15,16,18,19). The van der Waals surface area contributed by atoms with Crippen molar-refractivity contribution in [2.24, 2.45) is 0 Å². The first-order chi connectivity index (χ1) is 10.3. The quantitative estimate of drug-likeness (QED) is 0.774. The molecule has 2 heterocycles. The van der Waals surface area contributed by atoms with Crippen LogP contribution < -0.4 is 10.6 Å². The van der Waals surface area contributed by atoms with Gasteiger partial charge in [0.05, 0.1) is 6.54 Å². The molecule has 0 aromatic carbocycles. The van der Waals surface area contributed by atoms with E-state index in [4.69, 9.17) is 0 Å². The van der Waals surface area contributed by atoms with Crippen molar-refractivity contribution in [3.8, 4) is 0 Å². The molecule has 114 valence electrons. The van der Waals surface area contributed by atoms with Gasteiger partial charge in [-0.1, -0.05) is 6.92 Å². The summed E-state index contributed by atoms with van der Waals surface area (Å²) in [7, 11) is 0. The summed E-state index contributed by atoms with van der Waals surface area (Å²) in [6.07, 6.45) is 3.64. The largest absolute Gasteiger partial charge is 0.370 e. The van der Waals surface area contributed by atoms with Crippen LogP contribution in [0.5, 0.6) is 0 Å². The molecular weight excluding hydrogens is 266 g/mol. The third-order valence-corrected chi connectivity index (χ3v) is 3.07. The SMILES string of the molecule is CCCc1nc(NCC)cc(NCc2nncn2CC)n1. The third-order valence-electron chi connectivity index (χ3n) is 3.07. The highest BCUT2D eigenvalue weighted by molar-refractivity contribution is 5.47. The molecule has 2 aromatic heterocycles. The van der Waals surface area contributed by atoms with Crippen molar-refractivity contribution in [3.05, 3.63) is 24.0 Å². The van der Waals surface area contributed by atoms with E-state index in [1.54, 1.807) is 6.33 Å². The van der Waals surface area contributed by atoms with Gasteiger partial charge in [0.15, 0.2) is 5.82 Å². The molecule has 0 aliphatic rings. The molecule has 0 fully saturated rings. The number of aryl methyl sites for hydroxylation is 2. The number of hydrogen-bond acceptors (Lipinski definition) is 6. The summed E-state index contributed by atoms with van der Waals surface area (Å²) in [6, 6.07) is 1.93. The lowest BCUT2D eigenvalue weighted by Crippen LogP contribution is -2.11. The molecular formula is C14H23N7. The highest BCUT2D eigenvalue weighted by atomic mass is 15.3. The monoisotopic (exact) mass is 289 g/mol. The molecule has 21 heavy (non-hydrogen) atoms. The molecule has 0 aliphatic carbocycles. The van der Waals surface area contributed by atoms with Crippen molar-refractivity contribution in [2.75, 3.05) is 17.2 Å². The van der Waals surface area contributed by atoms with Crippen molar-refractivity contribution >= 4 is 11.6 Å². The second kappa shape index (κ2) is 7.56. The molecule has 7 nitrogen and oxygen atoms in total. The fourth-order valence-corrected chi connectivity index (χ4v) is 2.04. The topological polar surface area (TPSA) is 80.5 Å². The summed E-state index contributed by atoms with van der Waals surface area (Å²) in [5.41, 5.74) is 0. The first-order valence-electron chi connectivity index (χ1n) is 7.49. The summed E-state index contributed by atoms with van der Waals surface area (Å²) in [5, 5.41) is 14.6. The van der Waals surface area contributed by atoms with Crippen LogP contribution in [0.15, 0.2) is 12.4 Å². The molecule has 0 spiro atoms. The molecule has 0 aliphatic heterocycles. The van der Waals surface area contributed by atoms with Crippen molar-refractivity contribution in [2.45, 2.75) is 46.7 Å². The molecule has 0 saturated heterocycles. The summed E-state index contributed by atoms with van der Waals surface area (Å²) in [5.74, 6) is 3.43. The first-order valence-corrected chi connectivity index (χ1v) is 7.49. The van der Waals surface area contributed by atoms with Crippen molar-refractivity contribution in [3.63, 3.8) is 0 Å². The molecule has 0 amide bonds. The Balaban J connectivity index is 2.10. The van der Waals surface area contributed by atoms with Crippen LogP contribution >= 0.6 is 0 Å². The van der Waals surface area contributed by atoms with Gasteiger partial charge in [0.2, 0.25) is 0 Å². The van der Waals surface area contributed by atoms with E-state index < -0.39 is 0 Å². The van der Waals surface area contributed by atoms with Gasteiger partial charge in [0.25, 0.3) is 0 Å². The molecule has 0 bridgehead atoms. The molecule has 2 aromatic rings. The minimum atomic E-state index is 0.599. The van der Waals surface area contributed by atoms with E-state index in [2.05, 4.69) is 51.6 Å². The summed E-state index contributed by atoms with van der Waals surface area (Å²) in [4.78, 5) is 9.04. The van der Waals surface area contributed by atoms with Gasteiger partial charge in [-0.05, 0) is 20.3 Å². The van der Waals surface area contributed by atoms with Crippen LogP contribution in [0.1, 0.15) is 38.8 Å². The Morgan fingerprint density at radius 1 is 1.10 bits per heavy atom. The average molecular weight is 289 g/mol. The Hall–Kier alpha value is -2.18. The number of nitrogens with one attached hydrogen (secondary N) is 2. The fourth-order valence-electron chi connectivity index (χ4n) is 2.04. The minimum absolute atomic E-state index is 0.599. The number of hydrogen-bond donors (Lipinski definition) is 2. The molecule has 0 radical (unpaired) electrons. The van der Waals surface area contributed by atoms with Gasteiger partial charge < -0.3 is 15.2 Å². The predicted molar refractivity (Wildman–Crippen MR) is 83.2 cm³/mol. The van der Waals surface area contributed by atoms with Crippen LogP contribution in [0, 0.1) is 0 Å². The molecule has 7 heteroatoms. The van der Waals surface area contributed by atoms with E-state index >= 15 is 0 Å². The van der Waals surface area contributed by atoms with E-state index in [0.29, 0.717) is 6.54 Å². The van der Waals surface area contributed by atoms with Crippen LogP contribution in [-0.2, 0) is 19.5 Å². The normalized spacial score (nSPS) is 10.6. The Morgan fingerprint density at radius 2 is 1.86 bits per heavy atom. The molecule has 0 saturated carbocycles. The molecule has 2 rings (SSSR count). The van der Waals surface area contributed by atoms with Crippen LogP contribution in [0.4, 0.5) is 11.6 Å². The third kappa shape index (κ3) is 4.14. The van der Waals surface area contributed by atoms with Crippen molar-refractivity contribution < 1.29 is 0 Å². The summed E-state index contributed by atoms with van der Waals surface area (Å²) < 4.78 is 2.01. The van der Waals surface area contributed by atoms with Crippen LogP contribution in [0.25, 0.3) is 0 Å². The maximum absolute atomic E-state index is 4.54. The van der Waals surface area contributed by atoms with Gasteiger partial charge in [-0.3, -0.25) is 0 Å². The highest BCUT2D eigenvalue weighted by Crippen LogP contribution is 2.13. The van der Waals surface area contributed by atoms with E-state index in [0.717, 1.165) is 49.2 Å². The Morgan fingerprint density at radius 3 is 2.52 bits per heavy atom. The van der Waals surface area contributed by atoms with Gasteiger partial charge >= 0.3 is 0 Å².